The Labute approximate surface area is 281 Å². The van der Waals surface area contributed by atoms with Gasteiger partial charge in [0.25, 0.3) is 15.9 Å². The number of hydrogen-bond acceptors (Lipinski definition) is 8. The monoisotopic (exact) mass is 670 g/mol. The number of methoxy groups -OCH3 is 1. The average Bonchev–Trinajstić information content (AvgIpc) is 3.67. The summed E-state index contributed by atoms with van der Waals surface area (Å²) in [7, 11) is -2.94. The third kappa shape index (κ3) is 6.38. The average molecular weight is 671 g/mol. The summed E-state index contributed by atoms with van der Waals surface area (Å²) < 4.78 is 35.3. The van der Waals surface area contributed by atoms with Gasteiger partial charge in [-0.05, 0) is 88.1 Å². The van der Waals surface area contributed by atoms with E-state index in [1.54, 1.807) is 29.2 Å². The number of carbonyl (C=O) groups is 1. The van der Waals surface area contributed by atoms with Gasteiger partial charge in [0, 0.05) is 43.8 Å². The Morgan fingerprint density at radius 1 is 0.938 bits per heavy atom. The van der Waals surface area contributed by atoms with Crippen LogP contribution in [0.4, 0.5) is 0 Å². The van der Waals surface area contributed by atoms with Crippen molar-refractivity contribution in [2.45, 2.75) is 68.6 Å². The van der Waals surface area contributed by atoms with E-state index < -0.39 is 21.8 Å². The van der Waals surface area contributed by atoms with Gasteiger partial charge in [-0.25, -0.2) is 13.2 Å². The first-order chi connectivity index (χ1) is 22.9. The topological polar surface area (TPSA) is 130 Å². The molecule has 1 aromatic heterocycles. The molecule has 1 N–H and O–H groups in total. The van der Waals surface area contributed by atoms with Crippen LogP contribution in [0.3, 0.4) is 0 Å². The van der Waals surface area contributed by atoms with Crippen LogP contribution in [0.1, 0.15) is 57.2 Å². The van der Waals surface area contributed by atoms with Crippen LogP contribution in [0.5, 0.6) is 5.75 Å². The maximum absolute atomic E-state index is 14.6. The van der Waals surface area contributed by atoms with Crippen molar-refractivity contribution in [1.82, 2.24) is 23.7 Å². The smallest absolute Gasteiger partial charge is 0.344 e. The summed E-state index contributed by atoms with van der Waals surface area (Å²) in [5.41, 5.74) is 0.273. The highest BCUT2D eigenvalue weighted by atomic mass is 32.2. The number of imidazole rings is 1. The van der Waals surface area contributed by atoms with E-state index in [2.05, 4.69) is 37.1 Å². The summed E-state index contributed by atoms with van der Waals surface area (Å²) in [4.78, 5) is 33.2. The minimum absolute atomic E-state index is 0.0751. The summed E-state index contributed by atoms with van der Waals surface area (Å²) in [5.74, 6) is 0.157. The van der Waals surface area contributed by atoms with Gasteiger partial charge in [0.2, 0.25) is 0 Å². The Balaban J connectivity index is 1.37. The highest BCUT2D eigenvalue weighted by Gasteiger charge is 2.38. The van der Waals surface area contributed by atoms with Crippen LogP contribution in [0.2, 0.25) is 0 Å². The van der Waals surface area contributed by atoms with Crippen molar-refractivity contribution >= 4 is 27.0 Å². The highest BCUT2D eigenvalue weighted by molar-refractivity contribution is 7.90. The molecule has 3 aromatic carbocycles. The van der Waals surface area contributed by atoms with Gasteiger partial charge >= 0.3 is 5.69 Å². The van der Waals surface area contributed by atoms with Crippen LogP contribution < -0.4 is 15.7 Å². The van der Waals surface area contributed by atoms with Gasteiger partial charge in [-0.1, -0.05) is 30.3 Å². The number of nitrogens with zero attached hydrogens (tertiary/aromatic N) is 5. The third-order valence-corrected chi connectivity index (χ3v) is 11.3. The molecule has 0 aliphatic carbocycles. The van der Waals surface area contributed by atoms with Gasteiger partial charge in [0.1, 0.15) is 11.8 Å². The number of piperidine rings is 1. The molecule has 2 saturated heterocycles. The molecular weight excluding hydrogens is 629 g/mol. The number of rotatable bonds is 8. The van der Waals surface area contributed by atoms with E-state index in [0.29, 0.717) is 30.4 Å². The molecule has 1 amide bonds. The normalized spacial score (nSPS) is 18.6. The lowest BCUT2D eigenvalue weighted by Gasteiger charge is -2.41. The van der Waals surface area contributed by atoms with Crippen LogP contribution in [-0.2, 0) is 14.8 Å². The predicted octanol–water partition coefficient (Wildman–Crippen LogP) is 3.96. The quantitative estimate of drug-likeness (QED) is 0.298. The van der Waals surface area contributed by atoms with Crippen molar-refractivity contribution in [3.63, 3.8) is 0 Å². The maximum atomic E-state index is 14.6. The molecule has 2 aliphatic heterocycles. The molecule has 0 saturated carbocycles. The SMILES string of the molecule is COc1ccc(S(=O)(=O)n2c(=O)n(C(C(=O)N3CCC(NC4CCN(C(C)(C)C)CC4)C3)c3ccccc3)c3cc(C#N)ccc32)cc1. The number of amides is 1. The molecule has 3 heterocycles. The van der Waals surface area contributed by atoms with E-state index in [9.17, 15) is 23.3 Å². The molecule has 2 aliphatic rings. The van der Waals surface area contributed by atoms with E-state index >= 15 is 0 Å². The van der Waals surface area contributed by atoms with Crippen molar-refractivity contribution in [3.05, 3.63) is 94.4 Å². The first-order valence-corrected chi connectivity index (χ1v) is 17.8. The van der Waals surface area contributed by atoms with E-state index in [4.69, 9.17) is 4.74 Å². The lowest BCUT2D eigenvalue weighted by molar-refractivity contribution is -0.132. The van der Waals surface area contributed by atoms with Crippen molar-refractivity contribution in [3.8, 4) is 11.8 Å². The Bertz CT molecular complexity index is 2000. The van der Waals surface area contributed by atoms with Gasteiger partial charge in [-0.3, -0.25) is 14.3 Å². The van der Waals surface area contributed by atoms with Crippen molar-refractivity contribution in [1.29, 1.82) is 5.26 Å². The Morgan fingerprint density at radius 2 is 1.60 bits per heavy atom. The van der Waals surface area contributed by atoms with Crippen LogP contribution in [0, 0.1) is 11.3 Å². The zero-order valence-corrected chi connectivity index (χ0v) is 28.6. The minimum atomic E-state index is -4.41. The second-order valence-corrected chi connectivity index (χ2v) is 15.4. The standard InChI is InChI=1S/C36H42N6O5S/c1-36(2,3)40-20-17-27(18-21-40)38-28-16-19-39(24-28)34(43)33(26-8-6-5-7-9-26)41-32-22-25(23-37)10-15-31(32)42(35(41)44)48(45,46)30-13-11-29(47-4)12-14-30/h5-15,22,27-28,33,38H,16-21,24H2,1-4H3. The fraction of sp³-hybridized carbons (Fsp3) is 0.417. The molecule has 12 heteroatoms. The number of likely N-dealkylation sites (tertiary alicyclic amines) is 2. The fourth-order valence-electron chi connectivity index (χ4n) is 6.95. The molecule has 48 heavy (non-hydrogen) atoms. The molecule has 2 atom stereocenters. The van der Waals surface area contributed by atoms with Crippen LogP contribution >= 0.6 is 0 Å². The number of nitriles is 1. The number of hydrogen-bond donors (Lipinski definition) is 1. The van der Waals surface area contributed by atoms with Gasteiger partial charge < -0.3 is 15.0 Å². The predicted molar refractivity (Wildman–Crippen MR) is 184 cm³/mol. The molecule has 4 aromatic rings. The van der Waals surface area contributed by atoms with Gasteiger partial charge in [0.15, 0.2) is 0 Å². The molecule has 252 valence electrons. The lowest BCUT2D eigenvalue weighted by atomic mass is 9.97. The van der Waals surface area contributed by atoms with Crippen molar-refractivity contribution in [2.75, 3.05) is 33.3 Å². The summed E-state index contributed by atoms with van der Waals surface area (Å²) in [5, 5.41) is 13.5. The summed E-state index contributed by atoms with van der Waals surface area (Å²) >= 11 is 0. The second-order valence-electron chi connectivity index (χ2n) is 13.6. The van der Waals surface area contributed by atoms with Gasteiger partial charge in [-0.2, -0.15) is 9.23 Å². The lowest BCUT2D eigenvalue weighted by Crippen LogP contribution is -2.52. The first-order valence-electron chi connectivity index (χ1n) is 16.3. The zero-order valence-electron chi connectivity index (χ0n) is 27.8. The molecule has 2 fully saturated rings. The molecule has 0 radical (unpaired) electrons. The number of ether oxygens (including phenoxy) is 1. The summed E-state index contributed by atoms with van der Waals surface area (Å²) in [6.07, 6.45) is 2.84. The van der Waals surface area contributed by atoms with E-state index in [1.807, 2.05) is 6.07 Å². The van der Waals surface area contributed by atoms with Crippen molar-refractivity contribution < 1.29 is 17.9 Å². The molecule has 6 rings (SSSR count). The van der Waals surface area contributed by atoms with Crippen molar-refractivity contribution in [2.24, 2.45) is 0 Å². The molecule has 0 spiro atoms. The first kappa shape index (κ1) is 33.5. The number of aromatic nitrogens is 2. The maximum Gasteiger partial charge on any atom is 0.344 e. The molecule has 0 bridgehead atoms. The Kier molecular flexibility index (Phi) is 9.22. The minimum Gasteiger partial charge on any atom is -0.497 e. The highest BCUT2D eigenvalue weighted by Crippen LogP contribution is 2.30. The van der Waals surface area contributed by atoms with Gasteiger partial charge in [0.05, 0.1) is 34.7 Å². The summed E-state index contributed by atoms with van der Waals surface area (Å²) in [6, 6.07) is 20.5. The van der Waals surface area contributed by atoms with Crippen LogP contribution in [0.15, 0.2) is 82.5 Å². The van der Waals surface area contributed by atoms with E-state index in [0.717, 1.165) is 36.3 Å². The van der Waals surface area contributed by atoms with Crippen LogP contribution in [-0.4, -0.2) is 83.6 Å². The summed E-state index contributed by atoms with van der Waals surface area (Å²) in [6.45, 7) is 9.73. The fourth-order valence-corrected chi connectivity index (χ4v) is 8.35. The second kappa shape index (κ2) is 13.2. The van der Waals surface area contributed by atoms with Crippen LogP contribution in [0.25, 0.3) is 11.0 Å². The number of carbonyl (C=O) groups excluding carboxylic acids is 1. The Hall–Kier alpha value is -4.44. The molecular formula is C36H42N6O5S. The zero-order chi connectivity index (χ0) is 34.2. The largest absolute Gasteiger partial charge is 0.497 e. The molecule has 11 nitrogen and oxygen atoms in total. The van der Waals surface area contributed by atoms with Gasteiger partial charge in [-0.15, -0.1) is 0 Å². The third-order valence-electron chi connectivity index (χ3n) is 9.58. The van der Waals surface area contributed by atoms with E-state index in [-0.39, 0.29) is 39.0 Å². The Morgan fingerprint density at radius 3 is 2.23 bits per heavy atom. The van der Waals surface area contributed by atoms with E-state index in [1.165, 1.54) is 54.1 Å². The number of benzene rings is 3. The number of nitrogens with one attached hydrogen (secondary N) is 1. The number of fused-ring (bicyclic) bond motifs is 1. The molecule has 2 unspecified atom stereocenters.